The summed E-state index contributed by atoms with van der Waals surface area (Å²) in [6.07, 6.45) is 10.6. The SMILES string of the molecule is CC1(C)CC[C@@H](C=C2CCCCC2)OC1=O. The molecule has 2 aliphatic rings. The van der Waals surface area contributed by atoms with Gasteiger partial charge in [-0.3, -0.25) is 4.79 Å². The molecule has 2 fully saturated rings. The number of hydrogen-bond acceptors (Lipinski definition) is 2. The van der Waals surface area contributed by atoms with Crippen molar-refractivity contribution in [3.05, 3.63) is 11.6 Å². The second-order valence-corrected chi connectivity index (χ2v) is 5.75. The van der Waals surface area contributed by atoms with Crippen molar-refractivity contribution < 1.29 is 9.53 Å². The third kappa shape index (κ3) is 2.66. The zero-order chi connectivity index (χ0) is 11.6. The highest BCUT2D eigenvalue weighted by Crippen LogP contribution is 2.33. The summed E-state index contributed by atoms with van der Waals surface area (Å²) >= 11 is 0. The van der Waals surface area contributed by atoms with Gasteiger partial charge < -0.3 is 4.74 Å². The van der Waals surface area contributed by atoms with Crippen LogP contribution in [-0.4, -0.2) is 12.1 Å². The number of cyclic esters (lactones) is 1. The summed E-state index contributed by atoms with van der Waals surface area (Å²) in [5, 5.41) is 0. The van der Waals surface area contributed by atoms with Crippen molar-refractivity contribution in [2.24, 2.45) is 5.41 Å². The minimum atomic E-state index is -0.276. The van der Waals surface area contributed by atoms with Gasteiger partial charge in [-0.1, -0.05) is 12.0 Å². The maximum atomic E-state index is 11.7. The summed E-state index contributed by atoms with van der Waals surface area (Å²) in [6.45, 7) is 3.94. The smallest absolute Gasteiger partial charge is 0.312 e. The monoisotopic (exact) mass is 222 g/mol. The van der Waals surface area contributed by atoms with Gasteiger partial charge in [-0.2, -0.15) is 0 Å². The Morgan fingerprint density at radius 3 is 2.56 bits per heavy atom. The van der Waals surface area contributed by atoms with Gasteiger partial charge in [0.05, 0.1) is 5.41 Å². The van der Waals surface area contributed by atoms with Gasteiger partial charge in [0.1, 0.15) is 6.10 Å². The quantitative estimate of drug-likeness (QED) is 0.500. The molecule has 0 aromatic carbocycles. The number of ether oxygens (including phenoxy) is 1. The Morgan fingerprint density at radius 1 is 1.25 bits per heavy atom. The van der Waals surface area contributed by atoms with Crippen LogP contribution in [0.4, 0.5) is 0 Å². The highest BCUT2D eigenvalue weighted by Gasteiger charge is 2.36. The van der Waals surface area contributed by atoms with E-state index < -0.39 is 0 Å². The van der Waals surface area contributed by atoms with E-state index >= 15 is 0 Å². The molecule has 1 aliphatic heterocycles. The first-order chi connectivity index (χ1) is 7.58. The molecule has 16 heavy (non-hydrogen) atoms. The Kier molecular flexibility index (Phi) is 3.36. The van der Waals surface area contributed by atoms with Gasteiger partial charge in [0.2, 0.25) is 0 Å². The van der Waals surface area contributed by atoms with Gasteiger partial charge in [-0.15, -0.1) is 0 Å². The van der Waals surface area contributed by atoms with Crippen molar-refractivity contribution in [1.29, 1.82) is 0 Å². The summed E-state index contributed by atoms with van der Waals surface area (Å²) in [5.41, 5.74) is 1.23. The highest BCUT2D eigenvalue weighted by molar-refractivity contribution is 5.76. The maximum absolute atomic E-state index is 11.7. The van der Waals surface area contributed by atoms with Crippen LogP contribution in [-0.2, 0) is 9.53 Å². The fraction of sp³-hybridized carbons (Fsp3) is 0.786. The molecule has 1 saturated heterocycles. The summed E-state index contributed by atoms with van der Waals surface area (Å²) in [5.74, 6) is -0.0311. The van der Waals surface area contributed by atoms with Crippen LogP contribution in [0.15, 0.2) is 11.6 Å². The van der Waals surface area contributed by atoms with Crippen molar-refractivity contribution in [3.8, 4) is 0 Å². The van der Waals surface area contributed by atoms with Crippen molar-refractivity contribution in [1.82, 2.24) is 0 Å². The Balaban J connectivity index is 1.95. The molecule has 1 aliphatic carbocycles. The lowest BCUT2D eigenvalue weighted by Gasteiger charge is -2.32. The summed E-state index contributed by atoms with van der Waals surface area (Å²) in [4.78, 5) is 11.7. The molecule has 1 heterocycles. The first kappa shape index (κ1) is 11.7. The molecule has 0 bridgehead atoms. The number of carbonyl (C=O) groups is 1. The molecule has 0 spiro atoms. The van der Waals surface area contributed by atoms with Crippen molar-refractivity contribution >= 4 is 5.97 Å². The Labute approximate surface area is 98.1 Å². The molecule has 90 valence electrons. The Bertz CT molecular complexity index is 294. The van der Waals surface area contributed by atoms with Gasteiger partial charge in [-0.25, -0.2) is 0 Å². The molecule has 1 atom stereocenters. The lowest BCUT2D eigenvalue weighted by atomic mass is 9.83. The molecule has 2 rings (SSSR count). The second kappa shape index (κ2) is 4.60. The van der Waals surface area contributed by atoms with E-state index in [1.165, 1.54) is 37.7 Å². The van der Waals surface area contributed by atoms with Gasteiger partial charge in [0.25, 0.3) is 0 Å². The van der Waals surface area contributed by atoms with Crippen LogP contribution in [0.25, 0.3) is 0 Å². The largest absolute Gasteiger partial charge is 0.458 e. The Hall–Kier alpha value is -0.790. The number of rotatable bonds is 1. The van der Waals surface area contributed by atoms with Crippen LogP contribution in [0.3, 0.4) is 0 Å². The topological polar surface area (TPSA) is 26.3 Å². The third-order valence-electron chi connectivity index (χ3n) is 3.78. The summed E-state index contributed by atoms with van der Waals surface area (Å²) in [6, 6.07) is 0. The predicted octanol–water partition coefficient (Wildman–Crippen LogP) is 3.61. The zero-order valence-electron chi connectivity index (χ0n) is 10.4. The number of carbonyl (C=O) groups excluding carboxylic acids is 1. The Morgan fingerprint density at radius 2 is 1.94 bits per heavy atom. The average molecular weight is 222 g/mol. The highest BCUT2D eigenvalue weighted by atomic mass is 16.5. The molecule has 0 unspecified atom stereocenters. The van der Waals surface area contributed by atoms with Crippen LogP contribution >= 0.6 is 0 Å². The van der Waals surface area contributed by atoms with E-state index in [9.17, 15) is 4.79 Å². The second-order valence-electron chi connectivity index (χ2n) is 5.75. The standard InChI is InChI=1S/C14H22O2/c1-14(2)9-8-12(16-13(14)15)10-11-6-4-3-5-7-11/h10,12H,3-9H2,1-2H3/t12-/m0/s1. The zero-order valence-corrected chi connectivity index (χ0v) is 10.4. The van der Waals surface area contributed by atoms with Crippen LogP contribution in [0.5, 0.6) is 0 Å². The van der Waals surface area contributed by atoms with E-state index in [4.69, 9.17) is 4.74 Å². The number of allylic oxidation sites excluding steroid dienone is 1. The molecular formula is C14H22O2. The van der Waals surface area contributed by atoms with Crippen molar-refractivity contribution in [3.63, 3.8) is 0 Å². The van der Waals surface area contributed by atoms with E-state index in [2.05, 4.69) is 6.08 Å². The molecule has 0 radical (unpaired) electrons. The van der Waals surface area contributed by atoms with Crippen LogP contribution in [0, 0.1) is 5.41 Å². The van der Waals surface area contributed by atoms with Crippen LogP contribution in [0.2, 0.25) is 0 Å². The number of hydrogen-bond donors (Lipinski definition) is 0. The minimum absolute atomic E-state index is 0.0311. The first-order valence-corrected chi connectivity index (χ1v) is 6.48. The van der Waals surface area contributed by atoms with E-state index in [1.54, 1.807) is 0 Å². The van der Waals surface area contributed by atoms with E-state index in [-0.39, 0.29) is 17.5 Å². The number of esters is 1. The first-order valence-electron chi connectivity index (χ1n) is 6.48. The minimum Gasteiger partial charge on any atom is -0.458 e. The van der Waals surface area contributed by atoms with Gasteiger partial charge >= 0.3 is 5.97 Å². The third-order valence-corrected chi connectivity index (χ3v) is 3.78. The van der Waals surface area contributed by atoms with Crippen LogP contribution in [0.1, 0.15) is 58.8 Å². The van der Waals surface area contributed by atoms with Gasteiger partial charge in [0.15, 0.2) is 0 Å². The van der Waals surface area contributed by atoms with E-state index in [0.717, 1.165) is 12.8 Å². The normalized spacial score (nSPS) is 29.8. The molecule has 2 heteroatoms. The predicted molar refractivity (Wildman–Crippen MR) is 64.1 cm³/mol. The summed E-state index contributed by atoms with van der Waals surface area (Å²) < 4.78 is 5.49. The molecule has 0 aromatic heterocycles. The lowest BCUT2D eigenvalue weighted by molar-refractivity contribution is -0.164. The molecule has 2 nitrogen and oxygen atoms in total. The van der Waals surface area contributed by atoms with E-state index in [1.807, 2.05) is 13.8 Å². The van der Waals surface area contributed by atoms with Crippen LogP contribution < -0.4 is 0 Å². The van der Waals surface area contributed by atoms with Gasteiger partial charge in [-0.05, 0) is 58.4 Å². The molecule has 0 amide bonds. The molecule has 0 aromatic rings. The van der Waals surface area contributed by atoms with Crippen molar-refractivity contribution in [2.75, 3.05) is 0 Å². The molecule has 1 saturated carbocycles. The summed E-state index contributed by atoms with van der Waals surface area (Å²) in [7, 11) is 0. The molecule has 0 N–H and O–H groups in total. The maximum Gasteiger partial charge on any atom is 0.312 e. The van der Waals surface area contributed by atoms with Crippen molar-refractivity contribution in [2.45, 2.75) is 64.9 Å². The van der Waals surface area contributed by atoms with Gasteiger partial charge in [0, 0.05) is 0 Å². The van der Waals surface area contributed by atoms with E-state index in [0.29, 0.717) is 0 Å². The molecular weight excluding hydrogens is 200 g/mol. The lowest BCUT2D eigenvalue weighted by Crippen LogP contribution is -2.36. The fourth-order valence-electron chi connectivity index (χ4n) is 2.51. The average Bonchev–Trinajstić information content (AvgIpc) is 2.26. The fourth-order valence-corrected chi connectivity index (χ4v) is 2.51.